The van der Waals surface area contributed by atoms with Gasteiger partial charge >= 0.3 is 0 Å². The molecule has 1 rings (SSSR count). The number of carbonyl (C=O) groups is 1. The molecule has 0 spiro atoms. The van der Waals surface area contributed by atoms with Gasteiger partial charge in [-0.3, -0.25) is 9.89 Å². The van der Waals surface area contributed by atoms with Crippen LogP contribution < -0.4 is 11.1 Å². The molecule has 0 aromatic carbocycles. The van der Waals surface area contributed by atoms with Crippen LogP contribution in [0.2, 0.25) is 0 Å². The highest BCUT2D eigenvalue weighted by atomic mass is 16.1. The minimum Gasteiger partial charge on any atom is -0.356 e. The standard InChI is InChI=1S/C12H22N4O/c1-9(13)5-6-12(17)14-7-3-4-11-8-15-16-10(11)2/h8-9H,3-7,13H2,1-2H3,(H,14,17)(H,15,16). The monoisotopic (exact) mass is 238 g/mol. The normalized spacial score (nSPS) is 12.4. The Bertz CT molecular complexity index is 346. The Hall–Kier alpha value is -1.36. The van der Waals surface area contributed by atoms with Crippen LogP contribution in [0, 0.1) is 6.92 Å². The van der Waals surface area contributed by atoms with Gasteiger partial charge in [-0.1, -0.05) is 0 Å². The summed E-state index contributed by atoms with van der Waals surface area (Å²) in [5, 5.41) is 9.75. The summed E-state index contributed by atoms with van der Waals surface area (Å²) < 4.78 is 0. The van der Waals surface area contributed by atoms with E-state index in [1.54, 1.807) is 0 Å². The lowest BCUT2D eigenvalue weighted by Gasteiger charge is -2.06. The maximum atomic E-state index is 11.4. The highest BCUT2D eigenvalue weighted by Crippen LogP contribution is 2.05. The lowest BCUT2D eigenvalue weighted by molar-refractivity contribution is -0.121. The van der Waals surface area contributed by atoms with Crippen LogP contribution in [-0.4, -0.2) is 28.7 Å². The van der Waals surface area contributed by atoms with Crippen molar-refractivity contribution >= 4 is 5.91 Å². The van der Waals surface area contributed by atoms with Gasteiger partial charge in [0.05, 0.1) is 6.20 Å². The number of H-pyrrole nitrogens is 1. The van der Waals surface area contributed by atoms with Crippen molar-refractivity contribution in [3.63, 3.8) is 0 Å². The summed E-state index contributed by atoms with van der Waals surface area (Å²) in [6.07, 6.45) is 4.97. The van der Waals surface area contributed by atoms with E-state index in [9.17, 15) is 4.79 Å². The number of rotatable bonds is 7. The average Bonchev–Trinajstić information content (AvgIpc) is 2.68. The molecule has 0 aliphatic heterocycles. The maximum Gasteiger partial charge on any atom is 0.220 e. The molecule has 1 unspecified atom stereocenters. The molecule has 0 radical (unpaired) electrons. The van der Waals surface area contributed by atoms with Gasteiger partial charge in [0.15, 0.2) is 0 Å². The number of aromatic nitrogens is 2. The van der Waals surface area contributed by atoms with E-state index < -0.39 is 0 Å². The first-order valence-electron chi connectivity index (χ1n) is 6.10. The second-order valence-corrected chi connectivity index (χ2v) is 4.49. The van der Waals surface area contributed by atoms with Gasteiger partial charge in [-0.15, -0.1) is 0 Å². The Morgan fingerprint density at radius 1 is 1.65 bits per heavy atom. The number of aryl methyl sites for hydroxylation is 2. The van der Waals surface area contributed by atoms with Gasteiger partial charge in [0.1, 0.15) is 0 Å². The first kappa shape index (κ1) is 13.7. The Morgan fingerprint density at radius 3 is 3.00 bits per heavy atom. The summed E-state index contributed by atoms with van der Waals surface area (Å²) in [5.74, 6) is 0.0891. The average molecular weight is 238 g/mol. The summed E-state index contributed by atoms with van der Waals surface area (Å²) >= 11 is 0. The lowest BCUT2D eigenvalue weighted by Crippen LogP contribution is -2.26. The fourth-order valence-electron chi connectivity index (χ4n) is 1.58. The van der Waals surface area contributed by atoms with Gasteiger partial charge in [0.25, 0.3) is 0 Å². The van der Waals surface area contributed by atoms with Crippen molar-refractivity contribution in [3.8, 4) is 0 Å². The number of aromatic amines is 1. The Morgan fingerprint density at radius 2 is 2.41 bits per heavy atom. The predicted molar refractivity (Wildman–Crippen MR) is 67.5 cm³/mol. The van der Waals surface area contributed by atoms with E-state index in [0.29, 0.717) is 13.0 Å². The van der Waals surface area contributed by atoms with Crippen molar-refractivity contribution in [3.05, 3.63) is 17.5 Å². The molecular weight excluding hydrogens is 216 g/mol. The van der Waals surface area contributed by atoms with E-state index in [-0.39, 0.29) is 11.9 Å². The second-order valence-electron chi connectivity index (χ2n) is 4.49. The topological polar surface area (TPSA) is 83.8 Å². The van der Waals surface area contributed by atoms with Crippen molar-refractivity contribution in [2.24, 2.45) is 5.73 Å². The molecule has 0 aliphatic carbocycles. The molecule has 0 bridgehead atoms. The minimum atomic E-state index is 0.0891. The molecule has 0 fully saturated rings. The van der Waals surface area contributed by atoms with Crippen LogP contribution in [0.3, 0.4) is 0 Å². The molecule has 1 amide bonds. The molecule has 17 heavy (non-hydrogen) atoms. The molecule has 5 nitrogen and oxygen atoms in total. The fourth-order valence-corrected chi connectivity index (χ4v) is 1.58. The van der Waals surface area contributed by atoms with Crippen LogP contribution >= 0.6 is 0 Å². The number of amides is 1. The van der Waals surface area contributed by atoms with E-state index in [2.05, 4.69) is 15.5 Å². The Balaban J connectivity index is 2.08. The Labute approximate surface area is 102 Å². The zero-order valence-electron chi connectivity index (χ0n) is 10.6. The third kappa shape index (κ3) is 5.49. The van der Waals surface area contributed by atoms with Crippen molar-refractivity contribution < 1.29 is 4.79 Å². The highest BCUT2D eigenvalue weighted by molar-refractivity contribution is 5.75. The van der Waals surface area contributed by atoms with Crippen LogP contribution in [0.25, 0.3) is 0 Å². The van der Waals surface area contributed by atoms with Gasteiger partial charge in [-0.2, -0.15) is 5.10 Å². The van der Waals surface area contributed by atoms with Crippen LogP contribution in [0.4, 0.5) is 0 Å². The van der Waals surface area contributed by atoms with Gasteiger partial charge < -0.3 is 11.1 Å². The predicted octanol–water partition coefficient (Wildman–Crippen LogP) is 0.894. The van der Waals surface area contributed by atoms with Crippen LogP contribution in [0.5, 0.6) is 0 Å². The molecule has 1 aromatic rings. The number of nitrogens with one attached hydrogen (secondary N) is 2. The van der Waals surface area contributed by atoms with Gasteiger partial charge in [0.2, 0.25) is 5.91 Å². The number of nitrogens with two attached hydrogens (primary N) is 1. The molecular formula is C12H22N4O. The Kier molecular flexibility index (Phi) is 5.69. The van der Waals surface area contributed by atoms with Crippen LogP contribution in [0.15, 0.2) is 6.20 Å². The summed E-state index contributed by atoms with van der Waals surface area (Å²) in [5.41, 5.74) is 7.91. The van der Waals surface area contributed by atoms with Crippen LogP contribution in [0.1, 0.15) is 37.4 Å². The second kappa shape index (κ2) is 7.06. The minimum absolute atomic E-state index is 0.0891. The van der Waals surface area contributed by atoms with Crippen molar-refractivity contribution in [1.29, 1.82) is 0 Å². The lowest BCUT2D eigenvalue weighted by atomic mass is 10.1. The third-order valence-corrected chi connectivity index (χ3v) is 2.71. The fraction of sp³-hybridized carbons (Fsp3) is 0.667. The number of hydrogen-bond acceptors (Lipinski definition) is 3. The van der Waals surface area contributed by atoms with E-state index in [1.807, 2.05) is 20.0 Å². The highest BCUT2D eigenvalue weighted by Gasteiger charge is 2.03. The van der Waals surface area contributed by atoms with Crippen molar-refractivity contribution in [1.82, 2.24) is 15.5 Å². The summed E-state index contributed by atoms with van der Waals surface area (Å²) in [7, 11) is 0. The van der Waals surface area contributed by atoms with E-state index in [1.165, 1.54) is 5.56 Å². The van der Waals surface area contributed by atoms with Crippen LogP contribution in [-0.2, 0) is 11.2 Å². The zero-order chi connectivity index (χ0) is 12.7. The van der Waals surface area contributed by atoms with Crippen molar-refractivity contribution in [2.75, 3.05) is 6.54 Å². The van der Waals surface area contributed by atoms with Gasteiger partial charge in [-0.05, 0) is 38.7 Å². The number of carbonyl (C=O) groups excluding carboxylic acids is 1. The maximum absolute atomic E-state index is 11.4. The molecule has 0 saturated carbocycles. The quantitative estimate of drug-likeness (QED) is 0.617. The molecule has 1 atom stereocenters. The first-order chi connectivity index (χ1) is 8.09. The molecule has 1 aromatic heterocycles. The summed E-state index contributed by atoms with van der Waals surface area (Å²) in [6.45, 7) is 4.63. The van der Waals surface area contributed by atoms with Crippen molar-refractivity contribution in [2.45, 2.75) is 45.6 Å². The zero-order valence-corrected chi connectivity index (χ0v) is 10.6. The third-order valence-electron chi connectivity index (χ3n) is 2.71. The summed E-state index contributed by atoms with van der Waals surface area (Å²) in [4.78, 5) is 11.4. The smallest absolute Gasteiger partial charge is 0.220 e. The molecule has 4 N–H and O–H groups in total. The molecule has 0 aliphatic rings. The van der Waals surface area contributed by atoms with Gasteiger partial charge in [0, 0.05) is 24.7 Å². The van der Waals surface area contributed by atoms with Gasteiger partial charge in [-0.25, -0.2) is 0 Å². The molecule has 0 saturated heterocycles. The first-order valence-corrected chi connectivity index (χ1v) is 6.10. The number of hydrogen-bond donors (Lipinski definition) is 3. The molecule has 96 valence electrons. The SMILES string of the molecule is Cc1[nH]ncc1CCCNC(=O)CCC(C)N. The van der Waals surface area contributed by atoms with E-state index in [0.717, 1.165) is 25.0 Å². The molecule has 1 heterocycles. The largest absolute Gasteiger partial charge is 0.356 e. The summed E-state index contributed by atoms with van der Waals surface area (Å²) in [6, 6.07) is 0.0920. The van der Waals surface area contributed by atoms with E-state index in [4.69, 9.17) is 5.73 Å². The van der Waals surface area contributed by atoms with E-state index >= 15 is 0 Å². The molecule has 5 heteroatoms. The number of nitrogens with zero attached hydrogens (tertiary/aromatic N) is 1.